The van der Waals surface area contributed by atoms with Gasteiger partial charge in [-0.1, -0.05) is 19.1 Å². The van der Waals surface area contributed by atoms with Gasteiger partial charge in [0.15, 0.2) is 5.69 Å². The topological polar surface area (TPSA) is 85.8 Å². The molecule has 1 N–H and O–H groups in total. The van der Waals surface area contributed by atoms with Gasteiger partial charge in [-0.2, -0.15) is 0 Å². The summed E-state index contributed by atoms with van der Waals surface area (Å²) in [4.78, 5) is 15.3. The SMILES string of the molecule is CC(C)c1c(C(=O)O)nnn1Cc1nccn1C. The Balaban J connectivity index is 2.40. The van der Waals surface area contributed by atoms with E-state index < -0.39 is 5.97 Å². The van der Waals surface area contributed by atoms with E-state index in [-0.39, 0.29) is 11.6 Å². The summed E-state index contributed by atoms with van der Waals surface area (Å²) in [6.07, 6.45) is 3.53. The van der Waals surface area contributed by atoms with Crippen molar-refractivity contribution in [2.75, 3.05) is 0 Å². The minimum atomic E-state index is -1.05. The first-order valence-electron chi connectivity index (χ1n) is 5.63. The summed E-state index contributed by atoms with van der Waals surface area (Å²) in [6.45, 7) is 4.25. The van der Waals surface area contributed by atoms with Gasteiger partial charge in [0.1, 0.15) is 12.4 Å². The molecule has 0 saturated carbocycles. The van der Waals surface area contributed by atoms with Gasteiger partial charge in [-0.25, -0.2) is 14.5 Å². The standard InChI is InChI=1S/C11H15N5O2/c1-7(2)10-9(11(17)18)13-14-16(10)6-8-12-4-5-15(8)3/h4-5,7H,6H2,1-3H3,(H,17,18). The number of carboxylic acid groups (broad SMARTS) is 1. The monoisotopic (exact) mass is 249 g/mol. The Morgan fingerprint density at radius 3 is 2.72 bits per heavy atom. The molecule has 0 aliphatic heterocycles. The van der Waals surface area contributed by atoms with Gasteiger partial charge in [0.2, 0.25) is 0 Å². The average Bonchev–Trinajstić information content (AvgIpc) is 2.86. The molecule has 0 aliphatic rings. The maximum Gasteiger partial charge on any atom is 0.358 e. The van der Waals surface area contributed by atoms with E-state index >= 15 is 0 Å². The van der Waals surface area contributed by atoms with Crippen LogP contribution in [0.25, 0.3) is 0 Å². The molecule has 0 bridgehead atoms. The number of imidazole rings is 1. The first kappa shape index (κ1) is 12.3. The Bertz CT molecular complexity index is 570. The van der Waals surface area contributed by atoms with Crippen molar-refractivity contribution in [3.63, 3.8) is 0 Å². The van der Waals surface area contributed by atoms with Crippen molar-refractivity contribution < 1.29 is 9.90 Å². The fourth-order valence-corrected chi connectivity index (χ4v) is 1.84. The molecule has 96 valence electrons. The van der Waals surface area contributed by atoms with Gasteiger partial charge in [-0.15, -0.1) is 5.10 Å². The van der Waals surface area contributed by atoms with Crippen LogP contribution in [0.3, 0.4) is 0 Å². The fraction of sp³-hybridized carbons (Fsp3) is 0.455. The van der Waals surface area contributed by atoms with Crippen molar-refractivity contribution >= 4 is 5.97 Å². The lowest BCUT2D eigenvalue weighted by atomic mass is 10.1. The van der Waals surface area contributed by atoms with Gasteiger partial charge in [-0.3, -0.25) is 0 Å². The van der Waals surface area contributed by atoms with Crippen LogP contribution >= 0.6 is 0 Å². The molecule has 0 amide bonds. The van der Waals surface area contributed by atoms with Crippen molar-refractivity contribution in [2.45, 2.75) is 26.3 Å². The third kappa shape index (κ3) is 2.11. The molecule has 0 aromatic carbocycles. The van der Waals surface area contributed by atoms with E-state index in [1.54, 1.807) is 10.9 Å². The maximum absolute atomic E-state index is 11.1. The van der Waals surface area contributed by atoms with Crippen molar-refractivity contribution in [1.29, 1.82) is 0 Å². The Morgan fingerprint density at radius 2 is 2.22 bits per heavy atom. The highest BCUT2D eigenvalue weighted by atomic mass is 16.4. The number of rotatable bonds is 4. The maximum atomic E-state index is 11.1. The Morgan fingerprint density at radius 1 is 1.50 bits per heavy atom. The molecular weight excluding hydrogens is 234 g/mol. The third-order valence-electron chi connectivity index (χ3n) is 2.73. The highest BCUT2D eigenvalue weighted by molar-refractivity contribution is 5.86. The summed E-state index contributed by atoms with van der Waals surface area (Å²) >= 11 is 0. The molecule has 0 radical (unpaired) electrons. The van der Waals surface area contributed by atoms with Crippen LogP contribution in [0.5, 0.6) is 0 Å². The number of hydrogen-bond acceptors (Lipinski definition) is 4. The number of aromatic carboxylic acids is 1. The van der Waals surface area contributed by atoms with Crippen LogP contribution in [0, 0.1) is 0 Å². The smallest absolute Gasteiger partial charge is 0.358 e. The summed E-state index contributed by atoms with van der Waals surface area (Å²) in [5.74, 6) is -0.213. The zero-order valence-corrected chi connectivity index (χ0v) is 10.5. The van der Waals surface area contributed by atoms with Crippen LogP contribution in [0.2, 0.25) is 0 Å². The van der Waals surface area contributed by atoms with Gasteiger partial charge in [0.25, 0.3) is 0 Å². The molecule has 0 spiro atoms. The zero-order chi connectivity index (χ0) is 13.3. The molecule has 0 atom stereocenters. The number of carbonyl (C=O) groups is 1. The number of carboxylic acids is 1. The number of nitrogens with zero attached hydrogens (tertiary/aromatic N) is 5. The van der Waals surface area contributed by atoms with Crippen LogP contribution in [-0.2, 0) is 13.6 Å². The van der Waals surface area contributed by atoms with Gasteiger partial charge in [0.05, 0.1) is 5.69 Å². The second-order valence-corrected chi connectivity index (χ2v) is 4.40. The van der Waals surface area contributed by atoms with Crippen molar-refractivity contribution in [1.82, 2.24) is 24.5 Å². The van der Waals surface area contributed by atoms with E-state index in [1.807, 2.05) is 31.7 Å². The minimum absolute atomic E-state index is 0.0132. The molecule has 2 aromatic heterocycles. The van der Waals surface area contributed by atoms with Crippen LogP contribution in [0.4, 0.5) is 0 Å². The van der Waals surface area contributed by atoms with E-state index in [4.69, 9.17) is 5.11 Å². The molecule has 7 heteroatoms. The molecule has 2 rings (SSSR count). The molecule has 0 aliphatic carbocycles. The van der Waals surface area contributed by atoms with E-state index in [9.17, 15) is 4.79 Å². The summed E-state index contributed by atoms with van der Waals surface area (Å²) in [5.41, 5.74) is 0.629. The highest BCUT2D eigenvalue weighted by Gasteiger charge is 2.21. The predicted octanol–water partition coefficient (Wildman–Crippen LogP) is 0.881. The van der Waals surface area contributed by atoms with Crippen LogP contribution in [-0.4, -0.2) is 35.6 Å². The van der Waals surface area contributed by atoms with E-state index in [0.29, 0.717) is 12.2 Å². The van der Waals surface area contributed by atoms with Crippen molar-refractivity contribution in [2.24, 2.45) is 7.05 Å². The highest BCUT2D eigenvalue weighted by Crippen LogP contribution is 2.18. The second kappa shape index (κ2) is 4.59. The van der Waals surface area contributed by atoms with Gasteiger partial charge in [0, 0.05) is 19.4 Å². The van der Waals surface area contributed by atoms with Gasteiger partial charge >= 0.3 is 5.97 Å². The number of hydrogen-bond donors (Lipinski definition) is 1. The fourth-order valence-electron chi connectivity index (χ4n) is 1.84. The molecule has 0 unspecified atom stereocenters. The number of aromatic nitrogens is 5. The molecular formula is C11H15N5O2. The van der Waals surface area contributed by atoms with Crippen LogP contribution < -0.4 is 0 Å². The quantitative estimate of drug-likeness (QED) is 0.869. The molecule has 18 heavy (non-hydrogen) atoms. The van der Waals surface area contributed by atoms with Gasteiger partial charge in [-0.05, 0) is 5.92 Å². The van der Waals surface area contributed by atoms with Crippen molar-refractivity contribution in [3.8, 4) is 0 Å². The van der Waals surface area contributed by atoms with Crippen LogP contribution in [0.1, 0.15) is 41.8 Å². The molecule has 2 heterocycles. The first-order valence-corrected chi connectivity index (χ1v) is 5.63. The lowest BCUT2D eigenvalue weighted by Crippen LogP contribution is -2.13. The molecule has 2 aromatic rings. The Labute approximate surface area is 104 Å². The molecule has 7 nitrogen and oxygen atoms in total. The van der Waals surface area contributed by atoms with Crippen molar-refractivity contribution in [3.05, 3.63) is 29.6 Å². The lowest BCUT2D eigenvalue weighted by Gasteiger charge is -2.09. The molecule has 0 fully saturated rings. The average molecular weight is 249 g/mol. The third-order valence-corrected chi connectivity index (χ3v) is 2.73. The zero-order valence-electron chi connectivity index (χ0n) is 10.5. The van der Waals surface area contributed by atoms with Gasteiger partial charge < -0.3 is 9.67 Å². The van der Waals surface area contributed by atoms with E-state index in [1.165, 1.54) is 0 Å². The van der Waals surface area contributed by atoms with E-state index in [0.717, 1.165) is 5.82 Å². The largest absolute Gasteiger partial charge is 0.476 e. The predicted molar refractivity (Wildman–Crippen MR) is 63.4 cm³/mol. The van der Waals surface area contributed by atoms with E-state index in [2.05, 4.69) is 15.3 Å². The summed E-state index contributed by atoms with van der Waals surface area (Å²) in [5, 5.41) is 16.7. The first-order chi connectivity index (χ1) is 8.50. The normalized spacial score (nSPS) is 11.1. The number of aryl methyl sites for hydroxylation is 1. The Hall–Kier alpha value is -2.18. The lowest BCUT2D eigenvalue weighted by molar-refractivity contribution is 0.0688. The summed E-state index contributed by atoms with van der Waals surface area (Å²) < 4.78 is 3.46. The minimum Gasteiger partial charge on any atom is -0.476 e. The van der Waals surface area contributed by atoms with Crippen LogP contribution in [0.15, 0.2) is 12.4 Å². The molecule has 0 saturated heterocycles. The second-order valence-electron chi connectivity index (χ2n) is 4.40. The summed E-state index contributed by atoms with van der Waals surface area (Å²) in [7, 11) is 1.88. The Kier molecular flexibility index (Phi) is 3.14. The summed E-state index contributed by atoms with van der Waals surface area (Å²) in [6, 6.07) is 0.